The van der Waals surface area contributed by atoms with Crippen LogP contribution in [0.15, 0.2) is 60.7 Å². The largest absolute Gasteiger partial charge is 0.390 e. The zero-order valence-corrected chi connectivity index (χ0v) is 17.3. The number of aliphatic hydroxyl groups excluding tert-OH is 1. The van der Waals surface area contributed by atoms with Crippen LogP contribution in [0.1, 0.15) is 50.7 Å². The minimum atomic E-state index is -0.356. The van der Waals surface area contributed by atoms with Crippen molar-refractivity contribution < 1.29 is 9.84 Å². The summed E-state index contributed by atoms with van der Waals surface area (Å²) in [6.07, 6.45) is 4.40. The van der Waals surface area contributed by atoms with E-state index in [-0.39, 0.29) is 12.0 Å². The normalized spacial score (nSPS) is 21.2. The third-order valence-electron chi connectivity index (χ3n) is 5.89. The first kappa shape index (κ1) is 21.0. The predicted octanol–water partition coefficient (Wildman–Crippen LogP) is 5.03. The highest BCUT2D eigenvalue weighted by Gasteiger charge is 2.27. The summed E-state index contributed by atoms with van der Waals surface area (Å²) in [4.78, 5) is 2.63. The second-order valence-corrected chi connectivity index (χ2v) is 8.45. The molecule has 0 heterocycles. The zero-order valence-electron chi connectivity index (χ0n) is 17.3. The highest BCUT2D eigenvalue weighted by Crippen LogP contribution is 2.28. The Labute approximate surface area is 170 Å². The van der Waals surface area contributed by atoms with E-state index in [1.54, 1.807) is 0 Å². The van der Waals surface area contributed by atoms with Crippen LogP contribution in [-0.4, -0.2) is 34.9 Å². The molecule has 0 amide bonds. The Morgan fingerprint density at radius 1 is 0.857 bits per heavy atom. The summed E-state index contributed by atoms with van der Waals surface area (Å²) in [5, 5.41) is 9.99. The second kappa shape index (κ2) is 10.8. The maximum Gasteiger partial charge on any atom is 0.0796 e. The van der Waals surface area contributed by atoms with Crippen LogP contribution < -0.4 is 0 Å². The van der Waals surface area contributed by atoms with Crippen LogP contribution in [0, 0.1) is 5.92 Å². The summed E-state index contributed by atoms with van der Waals surface area (Å²) in [6, 6.07) is 22.1. The van der Waals surface area contributed by atoms with E-state index in [1.165, 1.54) is 11.1 Å². The molecule has 1 atom stereocenters. The predicted molar refractivity (Wildman–Crippen MR) is 115 cm³/mol. The number of nitrogens with zero attached hydrogens (tertiary/aromatic N) is 1. The molecule has 1 unspecified atom stereocenters. The average Bonchev–Trinajstić information content (AvgIpc) is 2.73. The van der Waals surface area contributed by atoms with Gasteiger partial charge in [0.2, 0.25) is 0 Å². The molecule has 0 aliphatic heterocycles. The zero-order chi connectivity index (χ0) is 19.8. The highest BCUT2D eigenvalue weighted by molar-refractivity contribution is 5.17. The van der Waals surface area contributed by atoms with E-state index in [0.717, 1.165) is 38.8 Å². The van der Waals surface area contributed by atoms with Crippen LogP contribution in [0.25, 0.3) is 0 Å². The van der Waals surface area contributed by atoms with Crippen molar-refractivity contribution in [2.45, 2.75) is 70.9 Å². The van der Waals surface area contributed by atoms with Crippen LogP contribution in [0.4, 0.5) is 0 Å². The van der Waals surface area contributed by atoms with Gasteiger partial charge in [-0.2, -0.15) is 0 Å². The molecule has 152 valence electrons. The topological polar surface area (TPSA) is 32.7 Å². The summed E-state index contributed by atoms with van der Waals surface area (Å²) >= 11 is 0. The molecule has 1 aliphatic carbocycles. The molecule has 0 spiro atoms. The Hall–Kier alpha value is -1.68. The number of hydrogen-bond donors (Lipinski definition) is 1. The smallest absolute Gasteiger partial charge is 0.0796 e. The molecule has 0 aromatic heterocycles. The van der Waals surface area contributed by atoms with Crippen molar-refractivity contribution in [1.29, 1.82) is 0 Å². The molecule has 1 saturated carbocycles. The number of benzene rings is 2. The van der Waals surface area contributed by atoms with Gasteiger partial charge in [-0.3, -0.25) is 4.90 Å². The van der Waals surface area contributed by atoms with Crippen LogP contribution >= 0.6 is 0 Å². The summed E-state index contributed by atoms with van der Waals surface area (Å²) in [6.45, 7) is 6.51. The molecule has 1 aliphatic rings. The quantitative estimate of drug-likeness (QED) is 0.661. The molecule has 3 rings (SSSR count). The lowest BCUT2D eigenvalue weighted by Gasteiger charge is -2.37. The van der Waals surface area contributed by atoms with Gasteiger partial charge in [-0.25, -0.2) is 0 Å². The molecule has 3 nitrogen and oxygen atoms in total. The Kier molecular flexibility index (Phi) is 8.08. The first-order valence-corrected chi connectivity index (χ1v) is 10.7. The Morgan fingerprint density at radius 2 is 1.36 bits per heavy atom. The third kappa shape index (κ3) is 6.44. The van der Waals surface area contributed by atoms with Crippen molar-refractivity contribution in [3.8, 4) is 0 Å². The fourth-order valence-electron chi connectivity index (χ4n) is 3.95. The van der Waals surface area contributed by atoms with Crippen LogP contribution in [0.5, 0.6) is 0 Å². The molecule has 0 radical (unpaired) electrons. The Bertz CT molecular complexity index is 624. The minimum Gasteiger partial charge on any atom is -0.390 e. The van der Waals surface area contributed by atoms with Gasteiger partial charge in [0.15, 0.2) is 0 Å². The van der Waals surface area contributed by atoms with Gasteiger partial charge in [0.1, 0.15) is 0 Å². The summed E-state index contributed by atoms with van der Waals surface area (Å²) < 4.78 is 6.00. The summed E-state index contributed by atoms with van der Waals surface area (Å²) in [5.74, 6) is 0.253. The van der Waals surface area contributed by atoms with Gasteiger partial charge in [-0.15, -0.1) is 0 Å². The molecule has 1 fully saturated rings. The van der Waals surface area contributed by atoms with E-state index in [4.69, 9.17) is 4.74 Å². The maximum absolute atomic E-state index is 9.99. The van der Waals surface area contributed by atoms with Crippen molar-refractivity contribution in [3.63, 3.8) is 0 Å². The van der Waals surface area contributed by atoms with Crippen molar-refractivity contribution in [1.82, 2.24) is 4.90 Å². The van der Waals surface area contributed by atoms with Gasteiger partial charge in [-0.1, -0.05) is 74.5 Å². The molecule has 0 saturated heterocycles. The standard InChI is InChI=1S/C25H35NO2/c1-20(2)25(27)19-28-24-15-13-23(14-16-24)26(17-21-9-5-3-6-10-21)18-22-11-7-4-8-12-22/h3-12,20,23-25,27H,13-19H2,1-2H3. The molecule has 0 bridgehead atoms. The van der Waals surface area contributed by atoms with E-state index in [2.05, 4.69) is 65.6 Å². The van der Waals surface area contributed by atoms with E-state index in [0.29, 0.717) is 18.8 Å². The fourth-order valence-corrected chi connectivity index (χ4v) is 3.95. The number of hydrogen-bond acceptors (Lipinski definition) is 3. The van der Waals surface area contributed by atoms with Crippen molar-refractivity contribution >= 4 is 0 Å². The number of rotatable bonds is 9. The van der Waals surface area contributed by atoms with E-state index < -0.39 is 0 Å². The number of aliphatic hydroxyl groups is 1. The first-order valence-electron chi connectivity index (χ1n) is 10.7. The summed E-state index contributed by atoms with van der Waals surface area (Å²) in [7, 11) is 0. The van der Waals surface area contributed by atoms with Crippen LogP contribution in [0.3, 0.4) is 0 Å². The second-order valence-electron chi connectivity index (χ2n) is 8.45. The van der Waals surface area contributed by atoms with E-state index in [9.17, 15) is 5.11 Å². The Balaban J connectivity index is 1.58. The van der Waals surface area contributed by atoms with E-state index in [1.807, 2.05) is 13.8 Å². The third-order valence-corrected chi connectivity index (χ3v) is 5.89. The van der Waals surface area contributed by atoms with E-state index >= 15 is 0 Å². The van der Waals surface area contributed by atoms with Crippen LogP contribution in [0.2, 0.25) is 0 Å². The van der Waals surface area contributed by atoms with Gasteiger partial charge >= 0.3 is 0 Å². The minimum absolute atomic E-state index is 0.253. The molecule has 3 heteroatoms. The van der Waals surface area contributed by atoms with Crippen molar-refractivity contribution in [3.05, 3.63) is 71.8 Å². The molecule has 1 N–H and O–H groups in total. The van der Waals surface area contributed by atoms with Gasteiger partial charge in [0.25, 0.3) is 0 Å². The molecule has 2 aromatic rings. The molecular formula is C25H35NO2. The molecule has 2 aromatic carbocycles. The molecule has 28 heavy (non-hydrogen) atoms. The summed E-state index contributed by atoms with van der Waals surface area (Å²) in [5.41, 5.74) is 2.74. The van der Waals surface area contributed by atoms with Gasteiger partial charge in [0, 0.05) is 19.1 Å². The molecular weight excluding hydrogens is 346 g/mol. The van der Waals surface area contributed by atoms with Gasteiger partial charge in [0.05, 0.1) is 18.8 Å². The number of ether oxygens (including phenoxy) is 1. The highest BCUT2D eigenvalue weighted by atomic mass is 16.5. The lowest BCUT2D eigenvalue weighted by atomic mass is 9.91. The first-order chi connectivity index (χ1) is 13.6. The Morgan fingerprint density at radius 3 is 1.82 bits per heavy atom. The lowest BCUT2D eigenvalue weighted by molar-refractivity contribution is -0.0470. The van der Waals surface area contributed by atoms with Gasteiger partial charge < -0.3 is 9.84 Å². The SMILES string of the molecule is CC(C)C(O)COC1CCC(N(Cc2ccccc2)Cc2ccccc2)CC1. The maximum atomic E-state index is 9.99. The van der Waals surface area contributed by atoms with Crippen molar-refractivity contribution in [2.24, 2.45) is 5.92 Å². The average molecular weight is 382 g/mol. The monoisotopic (exact) mass is 381 g/mol. The van der Waals surface area contributed by atoms with Gasteiger partial charge in [-0.05, 0) is 42.7 Å². The van der Waals surface area contributed by atoms with Crippen LogP contribution in [-0.2, 0) is 17.8 Å². The van der Waals surface area contributed by atoms with Crippen molar-refractivity contribution in [2.75, 3.05) is 6.61 Å². The lowest BCUT2D eigenvalue weighted by Crippen LogP contribution is -2.39. The fraction of sp³-hybridized carbons (Fsp3) is 0.520.